The van der Waals surface area contributed by atoms with Crippen molar-refractivity contribution < 1.29 is 0 Å². The minimum atomic E-state index is 0.497. The van der Waals surface area contributed by atoms with E-state index in [2.05, 4.69) is 72.9 Å². The summed E-state index contributed by atoms with van der Waals surface area (Å²) in [6, 6.07) is 13.5. The first kappa shape index (κ1) is 15.1. The van der Waals surface area contributed by atoms with Crippen molar-refractivity contribution in [2.75, 3.05) is 18.5 Å². The standard InChI is InChI=1S/C17H24N2S/c1-4-18-13-15-8-5-6-10-17(15)19(3)14(2)12-16-9-7-11-20-16/h5-11,14,18H,4,12-13H2,1-3H3. The molecule has 1 heterocycles. The number of thiophene rings is 1. The van der Waals surface area contributed by atoms with Crippen LogP contribution in [0.4, 0.5) is 5.69 Å². The first-order valence-electron chi connectivity index (χ1n) is 7.26. The molecule has 0 fully saturated rings. The number of nitrogens with zero attached hydrogens (tertiary/aromatic N) is 1. The summed E-state index contributed by atoms with van der Waals surface area (Å²) < 4.78 is 0. The lowest BCUT2D eigenvalue weighted by Gasteiger charge is -2.29. The molecule has 2 rings (SSSR count). The lowest BCUT2D eigenvalue weighted by molar-refractivity contribution is 0.675. The maximum absolute atomic E-state index is 3.42. The van der Waals surface area contributed by atoms with Crippen LogP contribution < -0.4 is 10.2 Å². The third kappa shape index (κ3) is 3.84. The highest BCUT2D eigenvalue weighted by Gasteiger charge is 2.14. The SMILES string of the molecule is CCNCc1ccccc1N(C)C(C)Cc1cccs1. The summed E-state index contributed by atoms with van der Waals surface area (Å²) in [5, 5.41) is 5.57. The molecule has 1 N–H and O–H groups in total. The van der Waals surface area contributed by atoms with E-state index in [1.54, 1.807) is 0 Å². The second-order valence-corrected chi connectivity index (χ2v) is 6.18. The van der Waals surface area contributed by atoms with E-state index in [4.69, 9.17) is 0 Å². The van der Waals surface area contributed by atoms with Gasteiger partial charge in [0.05, 0.1) is 0 Å². The van der Waals surface area contributed by atoms with E-state index in [1.807, 2.05) is 11.3 Å². The van der Waals surface area contributed by atoms with Crippen LogP contribution in [0.1, 0.15) is 24.3 Å². The van der Waals surface area contributed by atoms with Crippen molar-refractivity contribution in [1.82, 2.24) is 5.32 Å². The van der Waals surface area contributed by atoms with Gasteiger partial charge in [0.25, 0.3) is 0 Å². The number of anilines is 1. The molecule has 0 amide bonds. The van der Waals surface area contributed by atoms with Gasteiger partial charge in [-0.3, -0.25) is 0 Å². The summed E-state index contributed by atoms with van der Waals surface area (Å²) in [5.74, 6) is 0. The molecular weight excluding hydrogens is 264 g/mol. The average molecular weight is 288 g/mol. The Labute approximate surface area is 126 Å². The highest BCUT2D eigenvalue weighted by Crippen LogP contribution is 2.23. The molecule has 0 saturated carbocycles. The molecule has 108 valence electrons. The van der Waals surface area contributed by atoms with Crippen LogP contribution in [-0.2, 0) is 13.0 Å². The maximum Gasteiger partial charge on any atom is 0.0411 e. The number of para-hydroxylation sites is 1. The first-order valence-corrected chi connectivity index (χ1v) is 8.14. The van der Waals surface area contributed by atoms with Crippen molar-refractivity contribution >= 4 is 17.0 Å². The summed E-state index contributed by atoms with van der Waals surface area (Å²) in [6.45, 7) is 6.38. The molecule has 2 aromatic rings. The Balaban J connectivity index is 2.09. The van der Waals surface area contributed by atoms with E-state index in [9.17, 15) is 0 Å². The predicted molar refractivity (Wildman–Crippen MR) is 89.7 cm³/mol. The van der Waals surface area contributed by atoms with Crippen LogP contribution in [0.3, 0.4) is 0 Å². The topological polar surface area (TPSA) is 15.3 Å². The molecular formula is C17H24N2S. The molecule has 2 nitrogen and oxygen atoms in total. The smallest absolute Gasteiger partial charge is 0.0411 e. The zero-order valence-corrected chi connectivity index (χ0v) is 13.4. The molecule has 0 radical (unpaired) electrons. The molecule has 1 atom stereocenters. The fourth-order valence-electron chi connectivity index (χ4n) is 2.36. The monoisotopic (exact) mass is 288 g/mol. The molecule has 1 aromatic carbocycles. The van der Waals surface area contributed by atoms with Crippen LogP contribution in [0.2, 0.25) is 0 Å². The van der Waals surface area contributed by atoms with E-state index < -0.39 is 0 Å². The van der Waals surface area contributed by atoms with Crippen molar-refractivity contribution in [3.05, 3.63) is 52.2 Å². The van der Waals surface area contributed by atoms with Crippen molar-refractivity contribution in [3.8, 4) is 0 Å². The summed E-state index contributed by atoms with van der Waals surface area (Å²) in [4.78, 5) is 3.85. The summed E-state index contributed by atoms with van der Waals surface area (Å²) in [6.07, 6.45) is 1.10. The zero-order valence-electron chi connectivity index (χ0n) is 12.6. The van der Waals surface area contributed by atoms with Crippen molar-refractivity contribution in [2.24, 2.45) is 0 Å². The van der Waals surface area contributed by atoms with Gasteiger partial charge < -0.3 is 10.2 Å². The Morgan fingerprint density at radius 3 is 2.70 bits per heavy atom. The number of benzene rings is 1. The molecule has 0 aliphatic heterocycles. The third-order valence-electron chi connectivity index (χ3n) is 3.67. The van der Waals surface area contributed by atoms with Crippen LogP contribution in [-0.4, -0.2) is 19.6 Å². The highest BCUT2D eigenvalue weighted by atomic mass is 32.1. The quantitative estimate of drug-likeness (QED) is 0.830. The Bertz CT molecular complexity index is 507. The van der Waals surface area contributed by atoms with Crippen LogP contribution in [0.5, 0.6) is 0 Å². The zero-order chi connectivity index (χ0) is 14.4. The lowest BCUT2D eigenvalue weighted by atomic mass is 10.1. The first-order chi connectivity index (χ1) is 9.72. The van der Waals surface area contributed by atoms with Crippen molar-refractivity contribution in [2.45, 2.75) is 32.9 Å². The molecule has 20 heavy (non-hydrogen) atoms. The second kappa shape index (κ2) is 7.46. The predicted octanol–water partition coefficient (Wildman–Crippen LogP) is 3.93. The lowest BCUT2D eigenvalue weighted by Crippen LogP contribution is -2.31. The average Bonchev–Trinajstić information content (AvgIpc) is 2.97. The fourth-order valence-corrected chi connectivity index (χ4v) is 3.18. The van der Waals surface area contributed by atoms with Crippen molar-refractivity contribution in [3.63, 3.8) is 0 Å². The molecule has 0 aliphatic rings. The van der Waals surface area contributed by atoms with Crippen LogP contribution in [0.15, 0.2) is 41.8 Å². The van der Waals surface area contributed by atoms with Gasteiger partial charge in [0, 0.05) is 36.6 Å². The van der Waals surface area contributed by atoms with E-state index in [-0.39, 0.29) is 0 Å². The number of nitrogens with one attached hydrogen (secondary N) is 1. The highest BCUT2D eigenvalue weighted by molar-refractivity contribution is 7.09. The summed E-state index contributed by atoms with van der Waals surface area (Å²) in [7, 11) is 2.20. The van der Waals surface area contributed by atoms with E-state index in [0.717, 1.165) is 19.5 Å². The maximum atomic E-state index is 3.42. The van der Waals surface area contributed by atoms with Gasteiger partial charge in [-0.25, -0.2) is 0 Å². The Hall–Kier alpha value is -1.32. The van der Waals surface area contributed by atoms with E-state index >= 15 is 0 Å². The van der Waals surface area contributed by atoms with Crippen LogP contribution in [0, 0.1) is 0 Å². The Morgan fingerprint density at radius 2 is 2.00 bits per heavy atom. The third-order valence-corrected chi connectivity index (χ3v) is 4.57. The number of likely N-dealkylation sites (N-methyl/N-ethyl adjacent to an activating group) is 1. The number of hydrogen-bond acceptors (Lipinski definition) is 3. The van der Waals surface area contributed by atoms with Gasteiger partial charge in [0.2, 0.25) is 0 Å². The molecule has 1 unspecified atom stereocenters. The number of hydrogen-bond donors (Lipinski definition) is 1. The van der Waals surface area contributed by atoms with Gasteiger partial charge in [0.1, 0.15) is 0 Å². The molecule has 0 spiro atoms. The fraction of sp³-hybridized carbons (Fsp3) is 0.412. The van der Waals surface area contributed by atoms with Crippen LogP contribution >= 0.6 is 11.3 Å². The number of rotatable bonds is 7. The Morgan fingerprint density at radius 1 is 1.20 bits per heavy atom. The molecule has 1 aromatic heterocycles. The second-order valence-electron chi connectivity index (χ2n) is 5.15. The largest absolute Gasteiger partial charge is 0.371 e. The molecule has 0 saturated heterocycles. The normalized spacial score (nSPS) is 12.3. The molecule has 3 heteroatoms. The molecule has 0 aliphatic carbocycles. The summed E-state index contributed by atoms with van der Waals surface area (Å²) in [5.41, 5.74) is 2.70. The van der Waals surface area contributed by atoms with Gasteiger partial charge >= 0.3 is 0 Å². The molecule has 0 bridgehead atoms. The van der Waals surface area contributed by atoms with Gasteiger partial charge in [0.15, 0.2) is 0 Å². The van der Waals surface area contributed by atoms with Gasteiger partial charge in [-0.15, -0.1) is 11.3 Å². The minimum Gasteiger partial charge on any atom is -0.371 e. The Kier molecular flexibility index (Phi) is 5.62. The van der Waals surface area contributed by atoms with Gasteiger partial charge in [-0.1, -0.05) is 31.2 Å². The minimum absolute atomic E-state index is 0.497. The van der Waals surface area contributed by atoms with Crippen LogP contribution in [0.25, 0.3) is 0 Å². The van der Waals surface area contributed by atoms with E-state index in [1.165, 1.54) is 16.1 Å². The van der Waals surface area contributed by atoms with Gasteiger partial charge in [-0.2, -0.15) is 0 Å². The van der Waals surface area contributed by atoms with Gasteiger partial charge in [-0.05, 0) is 36.5 Å². The van der Waals surface area contributed by atoms with Crippen molar-refractivity contribution in [1.29, 1.82) is 0 Å². The summed E-state index contributed by atoms with van der Waals surface area (Å²) >= 11 is 1.84. The van der Waals surface area contributed by atoms with E-state index in [0.29, 0.717) is 6.04 Å².